The van der Waals surface area contributed by atoms with Crippen LogP contribution in [0.3, 0.4) is 0 Å². The van der Waals surface area contributed by atoms with Crippen molar-refractivity contribution in [1.82, 2.24) is 15.1 Å². The number of nitrogens with one attached hydrogen (secondary N) is 1. The highest BCUT2D eigenvalue weighted by atomic mass is 15.3. The molecular weight excluding hydrogens is 222 g/mol. The van der Waals surface area contributed by atoms with Crippen LogP contribution in [0.5, 0.6) is 0 Å². The fourth-order valence-corrected chi connectivity index (χ4v) is 3.68. The zero-order chi connectivity index (χ0) is 12.5. The summed E-state index contributed by atoms with van der Waals surface area (Å²) >= 11 is 0. The zero-order valence-corrected chi connectivity index (χ0v) is 12.1. The minimum Gasteiger partial charge on any atom is -0.312 e. The van der Waals surface area contributed by atoms with Crippen LogP contribution < -0.4 is 5.32 Å². The quantitative estimate of drug-likeness (QED) is 0.800. The van der Waals surface area contributed by atoms with E-state index in [1.54, 1.807) is 0 Å². The number of hydrogen-bond acceptors (Lipinski definition) is 3. The third-order valence-electron chi connectivity index (χ3n) is 5.05. The fraction of sp³-hybridized carbons (Fsp3) is 1.00. The summed E-state index contributed by atoms with van der Waals surface area (Å²) in [4.78, 5) is 5.48. The standard InChI is InChI=1S/C15H29N3/c1-12(2)15(10-16-13-5-6-13)18-9-8-17-7-3-4-14(17)11-18/h12-16H,3-11H2,1-2H3. The minimum atomic E-state index is 0.744. The lowest BCUT2D eigenvalue weighted by atomic mass is 10.00. The molecule has 2 saturated heterocycles. The first-order valence-electron chi connectivity index (χ1n) is 7.95. The van der Waals surface area contributed by atoms with Crippen LogP contribution >= 0.6 is 0 Å². The predicted octanol–water partition coefficient (Wildman–Crippen LogP) is 1.54. The molecular formula is C15H29N3. The first-order valence-corrected chi connectivity index (χ1v) is 7.95. The van der Waals surface area contributed by atoms with Crippen molar-refractivity contribution in [1.29, 1.82) is 0 Å². The molecule has 3 heteroatoms. The van der Waals surface area contributed by atoms with Gasteiger partial charge in [0.25, 0.3) is 0 Å². The van der Waals surface area contributed by atoms with E-state index in [0.717, 1.165) is 24.0 Å². The van der Waals surface area contributed by atoms with Crippen LogP contribution in [-0.2, 0) is 0 Å². The van der Waals surface area contributed by atoms with E-state index in [9.17, 15) is 0 Å². The van der Waals surface area contributed by atoms with Crippen molar-refractivity contribution in [3.05, 3.63) is 0 Å². The Morgan fingerprint density at radius 3 is 2.67 bits per heavy atom. The van der Waals surface area contributed by atoms with Crippen LogP contribution in [0.2, 0.25) is 0 Å². The van der Waals surface area contributed by atoms with Crippen molar-refractivity contribution >= 4 is 0 Å². The molecule has 18 heavy (non-hydrogen) atoms. The van der Waals surface area contributed by atoms with Gasteiger partial charge in [-0.05, 0) is 38.1 Å². The van der Waals surface area contributed by atoms with Crippen LogP contribution in [0, 0.1) is 5.92 Å². The normalized spacial score (nSPS) is 31.8. The third-order valence-corrected chi connectivity index (χ3v) is 5.05. The zero-order valence-electron chi connectivity index (χ0n) is 12.1. The van der Waals surface area contributed by atoms with Crippen LogP contribution in [0.25, 0.3) is 0 Å². The molecule has 2 unspecified atom stereocenters. The lowest BCUT2D eigenvalue weighted by Crippen LogP contribution is -2.57. The van der Waals surface area contributed by atoms with Crippen molar-refractivity contribution in [2.75, 3.05) is 32.7 Å². The Kier molecular flexibility index (Phi) is 3.92. The molecule has 0 bridgehead atoms. The Labute approximate surface area is 112 Å². The molecule has 0 aromatic carbocycles. The average Bonchev–Trinajstić information content (AvgIpc) is 3.05. The van der Waals surface area contributed by atoms with E-state index in [4.69, 9.17) is 0 Å². The summed E-state index contributed by atoms with van der Waals surface area (Å²) in [5, 5.41) is 3.74. The molecule has 1 aliphatic carbocycles. The molecule has 0 amide bonds. The number of piperazine rings is 1. The molecule has 3 aliphatic rings. The predicted molar refractivity (Wildman–Crippen MR) is 75.8 cm³/mol. The van der Waals surface area contributed by atoms with Crippen molar-refractivity contribution in [3.63, 3.8) is 0 Å². The third kappa shape index (κ3) is 2.89. The highest BCUT2D eigenvalue weighted by Gasteiger charge is 2.34. The average molecular weight is 251 g/mol. The molecule has 104 valence electrons. The fourth-order valence-electron chi connectivity index (χ4n) is 3.68. The maximum Gasteiger partial charge on any atom is 0.0244 e. The van der Waals surface area contributed by atoms with E-state index in [1.807, 2.05) is 0 Å². The maximum atomic E-state index is 3.74. The second-order valence-corrected chi connectivity index (χ2v) is 6.82. The SMILES string of the molecule is CC(C)C(CNC1CC1)N1CCN2CCCC2C1. The summed E-state index contributed by atoms with van der Waals surface area (Å²) in [5.74, 6) is 0.768. The Hall–Kier alpha value is -0.120. The van der Waals surface area contributed by atoms with Crippen molar-refractivity contribution < 1.29 is 0 Å². The molecule has 0 radical (unpaired) electrons. The van der Waals surface area contributed by atoms with Gasteiger partial charge < -0.3 is 5.32 Å². The molecule has 0 aromatic heterocycles. The number of rotatable bonds is 5. The number of nitrogens with zero attached hydrogens (tertiary/aromatic N) is 2. The number of hydrogen-bond donors (Lipinski definition) is 1. The first-order chi connectivity index (χ1) is 8.74. The van der Waals surface area contributed by atoms with Gasteiger partial charge in [0.1, 0.15) is 0 Å². The van der Waals surface area contributed by atoms with E-state index in [0.29, 0.717) is 0 Å². The van der Waals surface area contributed by atoms with Gasteiger partial charge in [-0.25, -0.2) is 0 Å². The molecule has 3 nitrogen and oxygen atoms in total. The second-order valence-electron chi connectivity index (χ2n) is 6.82. The van der Waals surface area contributed by atoms with Gasteiger partial charge in [0.2, 0.25) is 0 Å². The molecule has 1 N–H and O–H groups in total. The van der Waals surface area contributed by atoms with Gasteiger partial charge in [-0.1, -0.05) is 13.8 Å². The van der Waals surface area contributed by atoms with Gasteiger partial charge >= 0.3 is 0 Å². The van der Waals surface area contributed by atoms with Crippen LogP contribution in [0.15, 0.2) is 0 Å². The summed E-state index contributed by atoms with van der Waals surface area (Å²) in [6.07, 6.45) is 5.66. The van der Waals surface area contributed by atoms with Gasteiger partial charge in [0.05, 0.1) is 0 Å². The van der Waals surface area contributed by atoms with Crippen LogP contribution in [-0.4, -0.2) is 60.6 Å². The van der Waals surface area contributed by atoms with Crippen LogP contribution in [0.4, 0.5) is 0 Å². The largest absolute Gasteiger partial charge is 0.312 e. The highest BCUT2D eigenvalue weighted by molar-refractivity contribution is 4.92. The van der Waals surface area contributed by atoms with E-state index in [-0.39, 0.29) is 0 Å². The monoisotopic (exact) mass is 251 g/mol. The van der Waals surface area contributed by atoms with E-state index >= 15 is 0 Å². The van der Waals surface area contributed by atoms with Gasteiger partial charge in [-0.3, -0.25) is 9.80 Å². The number of fused-ring (bicyclic) bond motifs is 1. The minimum absolute atomic E-state index is 0.744. The summed E-state index contributed by atoms with van der Waals surface area (Å²) < 4.78 is 0. The molecule has 3 fully saturated rings. The molecule has 0 spiro atoms. The Bertz CT molecular complexity index is 275. The van der Waals surface area contributed by atoms with Crippen molar-refractivity contribution in [2.24, 2.45) is 5.92 Å². The summed E-state index contributed by atoms with van der Waals surface area (Å²) in [6.45, 7) is 11.2. The maximum absolute atomic E-state index is 3.74. The van der Waals surface area contributed by atoms with Gasteiger partial charge in [0.15, 0.2) is 0 Å². The lowest BCUT2D eigenvalue weighted by Gasteiger charge is -2.43. The van der Waals surface area contributed by atoms with E-state index in [2.05, 4.69) is 29.0 Å². The Balaban J connectivity index is 1.55. The highest BCUT2D eigenvalue weighted by Crippen LogP contribution is 2.25. The molecule has 0 aromatic rings. The molecule has 3 rings (SSSR count). The lowest BCUT2D eigenvalue weighted by molar-refractivity contribution is 0.0542. The van der Waals surface area contributed by atoms with Gasteiger partial charge in [0, 0.05) is 44.3 Å². The van der Waals surface area contributed by atoms with Crippen molar-refractivity contribution in [3.8, 4) is 0 Å². The summed E-state index contributed by atoms with van der Waals surface area (Å²) in [5.41, 5.74) is 0. The van der Waals surface area contributed by atoms with Crippen molar-refractivity contribution in [2.45, 2.75) is 57.7 Å². The molecule has 1 saturated carbocycles. The first kappa shape index (κ1) is 12.9. The van der Waals surface area contributed by atoms with Gasteiger partial charge in [-0.15, -0.1) is 0 Å². The summed E-state index contributed by atoms with van der Waals surface area (Å²) in [7, 11) is 0. The Morgan fingerprint density at radius 2 is 1.94 bits per heavy atom. The van der Waals surface area contributed by atoms with E-state index in [1.165, 1.54) is 58.4 Å². The molecule has 2 atom stereocenters. The second kappa shape index (κ2) is 5.48. The summed E-state index contributed by atoms with van der Waals surface area (Å²) in [6, 6.07) is 2.45. The van der Waals surface area contributed by atoms with Gasteiger partial charge in [-0.2, -0.15) is 0 Å². The van der Waals surface area contributed by atoms with E-state index < -0.39 is 0 Å². The topological polar surface area (TPSA) is 18.5 Å². The molecule has 2 aliphatic heterocycles. The Morgan fingerprint density at radius 1 is 1.11 bits per heavy atom. The van der Waals surface area contributed by atoms with Crippen LogP contribution in [0.1, 0.15) is 39.5 Å². The smallest absolute Gasteiger partial charge is 0.0244 e. The molecule has 2 heterocycles.